The first-order chi connectivity index (χ1) is 8.33. The lowest BCUT2D eigenvalue weighted by atomic mass is 10.2. The highest BCUT2D eigenvalue weighted by atomic mass is 16.1. The summed E-state index contributed by atoms with van der Waals surface area (Å²) in [4.78, 5) is 14.3. The molecule has 0 aliphatic heterocycles. The molecule has 6 nitrogen and oxygen atoms in total. The first kappa shape index (κ1) is 11.2. The highest BCUT2D eigenvalue weighted by Crippen LogP contribution is 2.08. The molecule has 0 bridgehead atoms. The third kappa shape index (κ3) is 2.43. The zero-order chi connectivity index (χ0) is 12.1. The quantitative estimate of drug-likeness (QED) is 0.348. The molecule has 2 aromatic rings. The normalized spacial score (nSPS) is 10.1. The van der Waals surface area contributed by atoms with Crippen molar-refractivity contribution in [2.45, 2.75) is 13.0 Å². The van der Waals surface area contributed by atoms with Crippen molar-refractivity contribution in [3.05, 3.63) is 51.1 Å². The highest BCUT2D eigenvalue weighted by Gasteiger charge is 2.02. The highest BCUT2D eigenvalue weighted by molar-refractivity contribution is 5.77. The van der Waals surface area contributed by atoms with Gasteiger partial charge in [0.25, 0.3) is 0 Å². The first-order valence-electron chi connectivity index (χ1n) is 5.28. The zero-order valence-corrected chi connectivity index (χ0v) is 9.15. The van der Waals surface area contributed by atoms with Gasteiger partial charge >= 0.3 is 0 Å². The molecule has 0 unspecified atom stereocenters. The van der Waals surface area contributed by atoms with Crippen molar-refractivity contribution in [2.75, 3.05) is 6.54 Å². The number of aryl methyl sites for hydroxylation is 1. The summed E-state index contributed by atoms with van der Waals surface area (Å²) >= 11 is 0. The number of hydrogen-bond donors (Lipinski definition) is 0. The van der Waals surface area contributed by atoms with Crippen LogP contribution in [0.3, 0.4) is 0 Å². The molecule has 0 saturated heterocycles. The monoisotopic (exact) mass is 229 g/mol. The van der Waals surface area contributed by atoms with E-state index in [1.165, 1.54) is 6.20 Å². The first-order valence-corrected chi connectivity index (χ1v) is 5.28. The van der Waals surface area contributed by atoms with Crippen LogP contribution in [0, 0.1) is 0 Å². The second-order valence-corrected chi connectivity index (χ2v) is 3.56. The zero-order valence-electron chi connectivity index (χ0n) is 9.15. The molecule has 0 fully saturated rings. The smallest absolute Gasteiger partial charge is 0.207 e. The predicted octanol–water partition coefficient (Wildman–Crippen LogP) is 2.10. The molecule has 0 atom stereocenters. The van der Waals surface area contributed by atoms with Gasteiger partial charge in [-0.25, -0.2) is 0 Å². The minimum Gasteiger partial charge on any atom is -0.287 e. The van der Waals surface area contributed by atoms with Gasteiger partial charge in [-0.2, -0.15) is 5.10 Å². The lowest BCUT2D eigenvalue weighted by Crippen LogP contribution is -2.12. The van der Waals surface area contributed by atoms with Crippen LogP contribution in [0.15, 0.2) is 40.4 Å². The van der Waals surface area contributed by atoms with E-state index in [2.05, 4.69) is 15.1 Å². The molecule has 0 amide bonds. The van der Waals surface area contributed by atoms with E-state index in [0.29, 0.717) is 24.9 Å². The van der Waals surface area contributed by atoms with E-state index in [1.54, 1.807) is 10.7 Å². The maximum Gasteiger partial charge on any atom is 0.207 e. The summed E-state index contributed by atoms with van der Waals surface area (Å²) in [6.07, 6.45) is 2.01. The van der Waals surface area contributed by atoms with Crippen LogP contribution in [-0.2, 0) is 6.54 Å². The topological polar surface area (TPSA) is 83.7 Å². The maximum absolute atomic E-state index is 11.6. The molecule has 2 rings (SSSR count). The average Bonchev–Trinajstić information content (AvgIpc) is 2.37. The lowest BCUT2D eigenvalue weighted by Gasteiger charge is -2.07. The van der Waals surface area contributed by atoms with Gasteiger partial charge in [0.2, 0.25) is 5.43 Å². The van der Waals surface area contributed by atoms with Crippen LogP contribution in [-0.4, -0.2) is 16.3 Å². The van der Waals surface area contributed by atoms with E-state index in [9.17, 15) is 4.79 Å². The van der Waals surface area contributed by atoms with Crippen molar-refractivity contribution in [1.82, 2.24) is 9.78 Å². The molecule has 0 radical (unpaired) electrons. The van der Waals surface area contributed by atoms with Gasteiger partial charge in [0.15, 0.2) is 0 Å². The average molecular weight is 229 g/mol. The SMILES string of the molecule is [N-]=[N+]=NCCCn1ncc(=O)c2ccccc21. The Balaban J connectivity index is 2.31. The van der Waals surface area contributed by atoms with Gasteiger partial charge in [-0.1, -0.05) is 17.2 Å². The van der Waals surface area contributed by atoms with Crippen molar-refractivity contribution in [2.24, 2.45) is 5.11 Å². The Morgan fingerprint density at radius 1 is 1.41 bits per heavy atom. The van der Waals surface area contributed by atoms with Crippen molar-refractivity contribution in [3.63, 3.8) is 0 Å². The Morgan fingerprint density at radius 3 is 3.06 bits per heavy atom. The second kappa shape index (κ2) is 5.14. The summed E-state index contributed by atoms with van der Waals surface area (Å²) in [6, 6.07) is 7.34. The van der Waals surface area contributed by atoms with Crippen molar-refractivity contribution < 1.29 is 0 Å². The van der Waals surface area contributed by atoms with E-state index in [1.807, 2.05) is 18.2 Å². The van der Waals surface area contributed by atoms with Crippen LogP contribution < -0.4 is 5.43 Å². The van der Waals surface area contributed by atoms with Crippen LogP contribution in [0.4, 0.5) is 0 Å². The fourth-order valence-electron chi connectivity index (χ4n) is 1.68. The fourth-order valence-corrected chi connectivity index (χ4v) is 1.68. The Bertz CT molecular complexity index is 627. The second-order valence-electron chi connectivity index (χ2n) is 3.56. The van der Waals surface area contributed by atoms with E-state index >= 15 is 0 Å². The van der Waals surface area contributed by atoms with Gasteiger partial charge in [0.1, 0.15) is 0 Å². The molecule has 0 saturated carbocycles. The van der Waals surface area contributed by atoms with Crippen LogP contribution in [0.2, 0.25) is 0 Å². The molecule has 0 N–H and O–H groups in total. The molecule has 0 aliphatic rings. The minimum absolute atomic E-state index is 0.0769. The number of benzene rings is 1. The van der Waals surface area contributed by atoms with Gasteiger partial charge in [-0.05, 0) is 24.1 Å². The summed E-state index contributed by atoms with van der Waals surface area (Å²) in [6.45, 7) is 1.05. The van der Waals surface area contributed by atoms with Crippen LogP contribution in [0.5, 0.6) is 0 Å². The van der Waals surface area contributed by atoms with Gasteiger partial charge in [-0.15, -0.1) is 0 Å². The lowest BCUT2D eigenvalue weighted by molar-refractivity contribution is 0.592. The Kier molecular flexibility index (Phi) is 3.37. The molecule has 0 aliphatic carbocycles. The number of azide groups is 1. The van der Waals surface area contributed by atoms with Crippen LogP contribution >= 0.6 is 0 Å². The molecule has 0 spiro atoms. The Morgan fingerprint density at radius 2 is 2.24 bits per heavy atom. The molecule has 1 aromatic carbocycles. The van der Waals surface area contributed by atoms with Gasteiger partial charge < -0.3 is 0 Å². The minimum atomic E-state index is -0.0769. The summed E-state index contributed by atoms with van der Waals surface area (Å²) in [5, 5.41) is 8.19. The van der Waals surface area contributed by atoms with E-state index in [-0.39, 0.29) is 5.43 Å². The third-order valence-electron chi connectivity index (χ3n) is 2.45. The van der Waals surface area contributed by atoms with Crippen molar-refractivity contribution in [1.29, 1.82) is 0 Å². The van der Waals surface area contributed by atoms with Crippen molar-refractivity contribution in [3.8, 4) is 0 Å². The van der Waals surface area contributed by atoms with E-state index in [0.717, 1.165) is 5.52 Å². The third-order valence-corrected chi connectivity index (χ3v) is 2.45. The van der Waals surface area contributed by atoms with Gasteiger partial charge in [0.05, 0.1) is 11.7 Å². The fraction of sp³-hybridized carbons (Fsp3) is 0.273. The number of fused-ring (bicyclic) bond motifs is 1. The Labute approximate surface area is 97.1 Å². The predicted molar refractivity (Wildman–Crippen MR) is 64.6 cm³/mol. The summed E-state index contributed by atoms with van der Waals surface area (Å²) < 4.78 is 1.75. The molecule has 17 heavy (non-hydrogen) atoms. The number of rotatable bonds is 4. The standard InChI is InChI=1S/C11H11N5O/c12-15-13-6-3-7-16-10-5-2-1-4-9(10)11(17)8-14-16/h1-2,4-5,8H,3,6-7H2. The van der Waals surface area contributed by atoms with Crippen LogP contribution in [0.25, 0.3) is 21.3 Å². The van der Waals surface area contributed by atoms with Crippen LogP contribution in [0.1, 0.15) is 6.42 Å². The number of para-hydroxylation sites is 1. The summed E-state index contributed by atoms with van der Waals surface area (Å²) in [7, 11) is 0. The molecule has 86 valence electrons. The van der Waals surface area contributed by atoms with E-state index in [4.69, 9.17) is 5.53 Å². The van der Waals surface area contributed by atoms with Gasteiger partial charge in [0, 0.05) is 23.4 Å². The summed E-state index contributed by atoms with van der Waals surface area (Å²) in [5.74, 6) is 0. The maximum atomic E-state index is 11.6. The largest absolute Gasteiger partial charge is 0.287 e. The molecule has 1 aromatic heterocycles. The number of aromatic nitrogens is 2. The molecular formula is C11H11N5O. The van der Waals surface area contributed by atoms with E-state index < -0.39 is 0 Å². The molecule has 6 heteroatoms. The number of hydrogen-bond acceptors (Lipinski definition) is 3. The molecular weight excluding hydrogens is 218 g/mol. The molecule has 1 heterocycles. The van der Waals surface area contributed by atoms with Gasteiger partial charge in [-0.3, -0.25) is 9.48 Å². The Hall–Kier alpha value is -2.33. The summed E-state index contributed by atoms with van der Waals surface area (Å²) in [5.41, 5.74) is 8.90. The number of nitrogens with zero attached hydrogens (tertiary/aromatic N) is 5. The van der Waals surface area contributed by atoms with Crippen molar-refractivity contribution >= 4 is 10.9 Å².